The van der Waals surface area contributed by atoms with E-state index in [1.165, 1.54) is 10.4 Å². The highest BCUT2D eigenvalue weighted by Gasteiger charge is 2.29. The molecule has 1 fully saturated rings. The molecular weight excluding hydrogens is 356 g/mol. The molecule has 0 spiro atoms. The summed E-state index contributed by atoms with van der Waals surface area (Å²) in [6, 6.07) is 8.06. The topological polar surface area (TPSA) is 50.5 Å². The number of piperidine rings is 1. The van der Waals surface area contributed by atoms with Crippen LogP contribution >= 0.6 is 11.3 Å². The van der Waals surface area contributed by atoms with Crippen molar-refractivity contribution in [3.05, 3.63) is 51.6 Å². The third-order valence-electron chi connectivity index (χ3n) is 5.38. The molecule has 4 rings (SSSR count). The Morgan fingerprint density at radius 3 is 3.00 bits per heavy atom. The van der Waals surface area contributed by atoms with Crippen molar-refractivity contribution in [1.82, 2.24) is 19.5 Å². The lowest BCUT2D eigenvalue weighted by Crippen LogP contribution is -2.39. The van der Waals surface area contributed by atoms with Crippen LogP contribution in [0.2, 0.25) is 0 Å². The number of amides is 1. The molecule has 6 heteroatoms. The smallest absolute Gasteiger partial charge is 0.263 e. The van der Waals surface area contributed by atoms with Gasteiger partial charge in [0.25, 0.3) is 5.91 Å². The van der Waals surface area contributed by atoms with Crippen LogP contribution in [-0.2, 0) is 12.8 Å². The van der Waals surface area contributed by atoms with Crippen LogP contribution in [0.4, 0.5) is 0 Å². The maximum atomic E-state index is 13.2. The summed E-state index contributed by atoms with van der Waals surface area (Å²) in [6.07, 6.45) is 7.24. The Bertz CT molecular complexity index is 945. The van der Waals surface area contributed by atoms with E-state index in [1.54, 1.807) is 11.3 Å². The number of rotatable bonds is 5. The zero-order valence-electron chi connectivity index (χ0n) is 16.0. The first-order chi connectivity index (χ1) is 13.2. The van der Waals surface area contributed by atoms with Gasteiger partial charge in [-0.05, 0) is 49.4 Å². The molecule has 3 aromatic rings. The van der Waals surface area contributed by atoms with Crippen LogP contribution in [0.15, 0.2) is 30.5 Å². The highest BCUT2D eigenvalue weighted by molar-refractivity contribution is 7.14. The Labute approximate surface area is 164 Å². The van der Waals surface area contributed by atoms with Crippen molar-refractivity contribution >= 4 is 22.9 Å². The van der Waals surface area contributed by atoms with Gasteiger partial charge in [-0.1, -0.05) is 26.3 Å². The molecule has 1 aliphatic rings. The fourth-order valence-corrected chi connectivity index (χ4v) is 5.30. The fourth-order valence-electron chi connectivity index (χ4n) is 3.98. The molecule has 0 saturated carbocycles. The fraction of sp³-hybridized carbons (Fsp3) is 0.476. The summed E-state index contributed by atoms with van der Waals surface area (Å²) >= 11 is 1.69. The molecule has 1 unspecified atom stereocenters. The third kappa shape index (κ3) is 3.50. The molecule has 5 nitrogen and oxygen atoms in total. The minimum absolute atomic E-state index is 0.176. The lowest BCUT2D eigenvalue weighted by atomic mass is 9.97. The highest BCUT2D eigenvalue weighted by atomic mass is 32.1. The molecule has 1 saturated heterocycles. The third-order valence-corrected chi connectivity index (χ3v) is 6.60. The van der Waals surface area contributed by atoms with Gasteiger partial charge in [0.1, 0.15) is 5.82 Å². The van der Waals surface area contributed by atoms with Gasteiger partial charge in [-0.2, -0.15) is 0 Å². The van der Waals surface area contributed by atoms with E-state index in [0.717, 1.165) is 61.5 Å². The molecule has 0 bridgehead atoms. The van der Waals surface area contributed by atoms with Gasteiger partial charge in [-0.15, -0.1) is 21.5 Å². The second-order valence-electron chi connectivity index (χ2n) is 7.24. The van der Waals surface area contributed by atoms with Crippen molar-refractivity contribution in [3.63, 3.8) is 0 Å². The van der Waals surface area contributed by atoms with Crippen LogP contribution in [-0.4, -0.2) is 38.5 Å². The Morgan fingerprint density at radius 1 is 1.30 bits per heavy atom. The number of aromatic nitrogens is 3. The van der Waals surface area contributed by atoms with Crippen molar-refractivity contribution in [2.75, 3.05) is 13.1 Å². The number of fused-ring (bicyclic) bond motifs is 1. The largest absolute Gasteiger partial charge is 0.337 e. The van der Waals surface area contributed by atoms with E-state index in [1.807, 2.05) is 29.3 Å². The average Bonchev–Trinajstić information content (AvgIpc) is 3.32. The summed E-state index contributed by atoms with van der Waals surface area (Å²) in [4.78, 5) is 17.4. The predicted octanol–water partition coefficient (Wildman–Crippen LogP) is 4.33. The van der Waals surface area contributed by atoms with Gasteiger partial charge in [-0.25, -0.2) is 0 Å². The number of thiophene rings is 1. The lowest BCUT2D eigenvalue weighted by Gasteiger charge is -2.31. The molecule has 1 aliphatic heterocycles. The van der Waals surface area contributed by atoms with Crippen LogP contribution in [0.5, 0.6) is 0 Å². The lowest BCUT2D eigenvalue weighted by molar-refractivity contribution is 0.0709. The number of carbonyl (C=O) groups is 1. The maximum Gasteiger partial charge on any atom is 0.263 e. The number of likely N-dealkylation sites (tertiary alicyclic amines) is 1. The van der Waals surface area contributed by atoms with E-state index in [0.29, 0.717) is 0 Å². The normalized spacial score (nSPS) is 17.6. The second kappa shape index (κ2) is 7.80. The Kier molecular flexibility index (Phi) is 5.25. The predicted molar refractivity (Wildman–Crippen MR) is 109 cm³/mol. The highest BCUT2D eigenvalue weighted by Crippen LogP contribution is 2.30. The molecule has 4 heterocycles. The van der Waals surface area contributed by atoms with E-state index in [4.69, 9.17) is 0 Å². The summed E-state index contributed by atoms with van der Waals surface area (Å²) < 4.78 is 2.05. The summed E-state index contributed by atoms with van der Waals surface area (Å²) in [7, 11) is 0. The maximum absolute atomic E-state index is 13.2. The van der Waals surface area contributed by atoms with Crippen molar-refractivity contribution in [1.29, 1.82) is 0 Å². The van der Waals surface area contributed by atoms with Crippen molar-refractivity contribution < 1.29 is 4.79 Å². The molecule has 0 aliphatic carbocycles. The summed E-state index contributed by atoms with van der Waals surface area (Å²) in [6.45, 7) is 5.91. The molecule has 3 aromatic heterocycles. The van der Waals surface area contributed by atoms with E-state index >= 15 is 0 Å². The SMILES string of the molecule is CCCc1sc(C(=O)N2CCCC(c3nnc4ccccn34)C2)cc1CC. The van der Waals surface area contributed by atoms with Crippen LogP contribution in [0.3, 0.4) is 0 Å². The molecule has 0 aromatic carbocycles. The molecule has 1 amide bonds. The van der Waals surface area contributed by atoms with Gasteiger partial charge >= 0.3 is 0 Å². The number of pyridine rings is 1. The average molecular weight is 383 g/mol. The number of hydrogen-bond donors (Lipinski definition) is 0. The minimum atomic E-state index is 0.176. The Balaban J connectivity index is 1.55. The Hall–Kier alpha value is -2.21. The van der Waals surface area contributed by atoms with Gasteiger partial charge in [0.2, 0.25) is 0 Å². The summed E-state index contributed by atoms with van der Waals surface area (Å²) in [5.74, 6) is 1.38. The van der Waals surface area contributed by atoms with Gasteiger partial charge < -0.3 is 4.90 Å². The van der Waals surface area contributed by atoms with Crippen LogP contribution < -0.4 is 0 Å². The molecule has 0 radical (unpaired) electrons. The van der Waals surface area contributed by atoms with Crippen molar-refractivity contribution in [3.8, 4) is 0 Å². The Morgan fingerprint density at radius 2 is 2.19 bits per heavy atom. The van der Waals surface area contributed by atoms with Gasteiger partial charge in [-0.3, -0.25) is 9.20 Å². The number of nitrogens with zero attached hydrogens (tertiary/aromatic N) is 4. The first-order valence-corrected chi connectivity index (χ1v) is 10.7. The molecule has 0 N–H and O–H groups in total. The molecule has 27 heavy (non-hydrogen) atoms. The first kappa shape index (κ1) is 18.2. The van der Waals surface area contributed by atoms with E-state index < -0.39 is 0 Å². The van der Waals surface area contributed by atoms with Crippen LogP contribution in [0.1, 0.15) is 65.0 Å². The monoisotopic (exact) mass is 382 g/mol. The van der Waals surface area contributed by atoms with Crippen LogP contribution in [0.25, 0.3) is 5.65 Å². The second-order valence-corrected chi connectivity index (χ2v) is 8.38. The van der Waals surface area contributed by atoms with Crippen LogP contribution in [0, 0.1) is 0 Å². The number of carbonyl (C=O) groups excluding carboxylic acids is 1. The number of hydrogen-bond acceptors (Lipinski definition) is 4. The van der Waals surface area contributed by atoms with E-state index in [2.05, 4.69) is 34.5 Å². The van der Waals surface area contributed by atoms with Gasteiger partial charge in [0.05, 0.1) is 4.88 Å². The zero-order valence-corrected chi connectivity index (χ0v) is 16.8. The molecule has 1 atom stereocenters. The number of aryl methyl sites for hydroxylation is 2. The van der Waals surface area contributed by atoms with Crippen molar-refractivity contribution in [2.24, 2.45) is 0 Å². The standard InChI is InChI=1S/C21H26N4OS/c1-3-8-17-15(4-2)13-18(27-17)21(26)24-11-7-9-16(14-24)20-23-22-19-10-5-6-12-25(19)20/h5-6,10,12-13,16H,3-4,7-9,11,14H2,1-2H3. The quantitative estimate of drug-likeness (QED) is 0.660. The van der Waals surface area contributed by atoms with E-state index in [9.17, 15) is 4.79 Å². The molecule has 142 valence electrons. The zero-order chi connectivity index (χ0) is 18.8. The van der Waals surface area contributed by atoms with Gasteiger partial charge in [0.15, 0.2) is 5.65 Å². The minimum Gasteiger partial charge on any atom is -0.337 e. The summed E-state index contributed by atoms with van der Waals surface area (Å²) in [5.41, 5.74) is 2.20. The summed E-state index contributed by atoms with van der Waals surface area (Å²) in [5, 5.41) is 8.70. The van der Waals surface area contributed by atoms with E-state index in [-0.39, 0.29) is 11.8 Å². The van der Waals surface area contributed by atoms with Gasteiger partial charge in [0, 0.05) is 30.1 Å². The van der Waals surface area contributed by atoms with Crippen molar-refractivity contribution in [2.45, 2.75) is 51.9 Å². The first-order valence-electron chi connectivity index (χ1n) is 9.91. The molecular formula is C21H26N4OS.